The summed E-state index contributed by atoms with van der Waals surface area (Å²) in [4.78, 5) is 34.6. The smallest absolute Gasteiger partial charge is 0.283 e. The molecule has 33 heavy (non-hydrogen) atoms. The minimum atomic E-state index is -0.496. The van der Waals surface area contributed by atoms with Crippen molar-refractivity contribution in [3.05, 3.63) is 58.4 Å². The van der Waals surface area contributed by atoms with Crippen LogP contribution in [-0.2, 0) is 16.8 Å². The number of nitrogens with one attached hydrogen (secondary N) is 2. The standard InChI is InChI=1S/C23H26FN7O2/c1-13(2)26-18-9-7-15-21(28-18)30(12-19(32)27-17-8-6-14(24)11-25-17)20-10-16(23(3,4)5)29-31(20)22(15)33/h6-11,13H,12H2,1-5H3,(H,26,28)(H,25,27,32). The SMILES string of the molecule is CC(C)Nc1ccc2c(=O)n3nc(C(C)(C)C)cc3n(CC(=O)Nc3ccc(F)cn3)c2n1. The summed E-state index contributed by atoms with van der Waals surface area (Å²) in [6.45, 7) is 9.82. The number of anilines is 2. The van der Waals surface area contributed by atoms with E-state index in [-0.39, 0.29) is 29.4 Å². The predicted molar refractivity (Wildman–Crippen MR) is 125 cm³/mol. The molecule has 0 bridgehead atoms. The summed E-state index contributed by atoms with van der Waals surface area (Å²) in [7, 11) is 0. The van der Waals surface area contributed by atoms with Gasteiger partial charge in [0.05, 0.1) is 17.3 Å². The van der Waals surface area contributed by atoms with Crippen LogP contribution in [0.15, 0.2) is 41.3 Å². The van der Waals surface area contributed by atoms with Gasteiger partial charge >= 0.3 is 0 Å². The van der Waals surface area contributed by atoms with Gasteiger partial charge in [-0.05, 0) is 38.1 Å². The molecule has 0 spiro atoms. The highest BCUT2D eigenvalue weighted by Crippen LogP contribution is 2.24. The fourth-order valence-electron chi connectivity index (χ4n) is 3.43. The Hall–Kier alpha value is -3.82. The van der Waals surface area contributed by atoms with Gasteiger partial charge in [-0.15, -0.1) is 0 Å². The van der Waals surface area contributed by atoms with Crippen LogP contribution in [0.1, 0.15) is 40.3 Å². The Bertz CT molecular complexity index is 1400. The summed E-state index contributed by atoms with van der Waals surface area (Å²) in [5, 5.41) is 10.7. The molecule has 10 heteroatoms. The minimum Gasteiger partial charge on any atom is -0.368 e. The normalized spacial score (nSPS) is 12.0. The van der Waals surface area contributed by atoms with Crippen molar-refractivity contribution in [3.63, 3.8) is 0 Å². The summed E-state index contributed by atoms with van der Waals surface area (Å²) < 4.78 is 16.1. The maximum atomic E-state index is 13.2. The molecule has 9 nitrogen and oxygen atoms in total. The van der Waals surface area contributed by atoms with E-state index in [1.165, 1.54) is 16.6 Å². The van der Waals surface area contributed by atoms with Crippen molar-refractivity contribution in [3.8, 4) is 0 Å². The number of nitrogens with zero attached hydrogens (tertiary/aromatic N) is 5. The average Bonchev–Trinajstić information content (AvgIpc) is 3.19. The van der Waals surface area contributed by atoms with E-state index >= 15 is 0 Å². The lowest BCUT2D eigenvalue weighted by molar-refractivity contribution is -0.116. The largest absolute Gasteiger partial charge is 0.368 e. The maximum Gasteiger partial charge on any atom is 0.283 e. The maximum absolute atomic E-state index is 13.2. The molecule has 0 aliphatic heterocycles. The molecule has 2 N–H and O–H groups in total. The second-order valence-corrected chi connectivity index (χ2v) is 9.22. The molecule has 4 rings (SSSR count). The summed E-state index contributed by atoms with van der Waals surface area (Å²) in [5.41, 5.74) is 0.913. The van der Waals surface area contributed by atoms with Crippen molar-refractivity contribution >= 4 is 34.2 Å². The van der Waals surface area contributed by atoms with Crippen LogP contribution in [0.3, 0.4) is 0 Å². The Morgan fingerprint density at radius 1 is 1.15 bits per heavy atom. The molecule has 1 amide bonds. The third-order valence-electron chi connectivity index (χ3n) is 5.02. The van der Waals surface area contributed by atoms with Crippen molar-refractivity contribution < 1.29 is 9.18 Å². The molecule has 0 aromatic carbocycles. The Balaban J connectivity index is 1.87. The monoisotopic (exact) mass is 451 g/mol. The van der Waals surface area contributed by atoms with Gasteiger partial charge < -0.3 is 15.2 Å². The van der Waals surface area contributed by atoms with E-state index in [1.54, 1.807) is 22.8 Å². The minimum absolute atomic E-state index is 0.133. The number of hydrogen-bond donors (Lipinski definition) is 2. The highest BCUT2D eigenvalue weighted by Gasteiger charge is 2.23. The molecule has 4 aromatic heterocycles. The first-order valence-electron chi connectivity index (χ1n) is 10.6. The highest BCUT2D eigenvalue weighted by atomic mass is 19.1. The van der Waals surface area contributed by atoms with Gasteiger partial charge in [-0.1, -0.05) is 20.8 Å². The lowest BCUT2D eigenvalue weighted by atomic mass is 9.93. The molecule has 0 saturated heterocycles. The van der Waals surface area contributed by atoms with Crippen LogP contribution in [0, 0.1) is 5.82 Å². The first kappa shape index (κ1) is 22.4. The van der Waals surface area contributed by atoms with Gasteiger partial charge in [0.15, 0.2) is 0 Å². The molecule has 4 heterocycles. The molecule has 4 aromatic rings. The predicted octanol–water partition coefficient (Wildman–Crippen LogP) is 3.33. The third kappa shape index (κ3) is 4.55. The van der Waals surface area contributed by atoms with Crippen LogP contribution in [0.25, 0.3) is 16.7 Å². The zero-order valence-corrected chi connectivity index (χ0v) is 19.2. The lowest BCUT2D eigenvalue weighted by Crippen LogP contribution is -2.26. The molecule has 0 fully saturated rings. The van der Waals surface area contributed by atoms with E-state index in [0.29, 0.717) is 28.2 Å². The average molecular weight is 452 g/mol. The third-order valence-corrected chi connectivity index (χ3v) is 5.02. The summed E-state index contributed by atoms with van der Waals surface area (Å²) >= 11 is 0. The van der Waals surface area contributed by atoms with Gasteiger partial charge in [-0.2, -0.15) is 9.61 Å². The second-order valence-electron chi connectivity index (χ2n) is 9.22. The Morgan fingerprint density at radius 2 is 1.88 bits per heavy atom. The Morgan fingerprint density at radius 3 is 2.52 bits per heavy atom. The lowest BCUT2D eigenvalue weighted by Gasteiger charge is -2.15. The van der Waals surface area contributed by atoms with Crippen LogP contribution in [0.2, 0.25) is 0 Å². The Kier molecular flexibility index (Phi) is 5.61. The molecule has 0 aliphatic carbocycles. The number of amides is 1. The summed E-state index contributed by atoms with van der Waals surface area (Å²) in [6.07, 6.45) is 1.03. The van der Waals surface area contributed by atoms with Crippen LogP contribution < -0.4 is 16.2 Å². The van der Waals surface area contributed by atoms with Crippen LogP contribution in [0.4, 0.5) is 16.0 Å². The van der Waals surface area contributed by atoms with Crippen molar-refractivity contribution in [2.75, 3.05) is 10.6 Å². The Labute approximate surface area is 189 Å². The molecular weight excluding hydrogens is 425 g/mol. The zero-order valence-electron chi connectivity index (χ0n) is 19.2. The molecule has 0 radical (unpaired) electrons. The van der Waals surface area contributed by atoms with E-state index < -0.39 is 11.7 Å². The van der Waals surface area contributed by atoms with Crippen molar-refractivity contribution in [1.82, 2.24) is 24.1 Å². The van der Waals surface area contributed by atoms with Gasteiger partial charge in [-0.3, -0.25) is 9.59 Å². The van der Waals surface area contributed by atoms with Crippen molar-refractivity contribution in [2.24, 2.45) is 0 Å². The topological polar surface area (TPSA) is 106 Å². The first-order valence-corrected chi connectivity index (χ1v) is 10.6. The van der Waals surface area contributed by atoms with E-state index in [2.05, 4.69) is 25.7 Å². The number of carbonyl (C=O) groups is 1. The van der Waals surface area contributed by atoms with E-state index in [9.17, 15) is 14.0 Å². The van der Waals surface area contributed by atoms with Gasteiger partial charge in [0, 0.05) is 17.5 Å². The summed E-state index contributed by atoms with van der Waals surface area (Å²) in [6, 6.07) is 7.95. The fraction of sp³-hybridized carbons (Fsp3) is 0.348. The van der Waals surface area contributed by atoms with Crippen LogP contribution in [-0.4, -0.2) is 36.1 Å². The fourth-order valence-corrected chi connectivity index (χ4v) is 3.43. The van der Waals surface area contributed by atoms with E-state index in [1.807, 2.05) is 34.6 Å². The molecule has 0 saturated carbocycles. The number of fused-ring (bicyclic) bond motifs is 2. The molecule has 172 valence electrons. The number of aromatic nitrogens is 5. The molecule has 0 atom stereocenters. The van der Waals surface area contributed by atoms with Gasteiger partial charge in [0.1, 0.15) is 35.3 Å². The molecule has 0 unspecified atom stereocenters. The van der Waals surface area contributed by atoms with E-state index in [0.717, 1.165) is 6.20 Å². The second kappa shape index (κ2) is 8.27. The number of hydrogen-bond acceptors (Lipinski definition) is 6. The van der Waals surface area contributed by atoms with Gasteiger partial charge in [0.25, 0.3) is 5.56 Å². The summed E-state index contributed by atoms with van der Waals surface area (Å²) in [5.74, 6) is -0.0825. The number of halogens is 1. The van der Waals surface area contributed by atoms with Crippen molar-refractivity contribution in [1.29, 1.82) is 0 Å². The van der Waals surface area contributed by atoms with Gasteiger partial charge in [-0.25, -0.2) is 14.4 Å². The van der Waals surface area contributed by atoms with Gasteiger partial charge in [0.2, 0.25) is 5.91 Å². The molecule has 0 aliphatic rings. The molecular formula is C23H26FN7O2. The first-order chi connectivity index (χ1) is 15.5. The number of rotatable bonds is 5. The number of carbonyl (C=O) groups excluding carboxylic acids is 1. The van der Waals surface area contributed by atoms with Crippen molar-refractivity contribution in [2.45, 2.75) is 52.6 Å². The quantitative estimate of drug-likeness (QED) is 0.482. The van der Waals surface area contributed by atoms with Crippen LogP contribution in [0.5, 0.6) is 0 Å². The van der Waals surface area contributed by atoms with E-state index in [4.69, 9.17) is 0 Å². The highest BCUT2D eigenvalue weighted by molar-refractivity contribution is 5.91. The number of pyridine rings is 2. The van der Waals surface area contributed by atoms with Crippen LogP contribution >= 0.6 is 0 Å². The zero-order chi connectivity index (χ0) is 23.9.